The molecule has 0 aliphatic carbocycles. The summed E-state index contributed by atoms with van der Waals surface area (Å²) in [5, 5.41) is 30.1. The molecule has 0 fully saturated rings. The van der Waals surface area contributed by atoms with Gasteiger partial charge in [0.15, 0.2) is 0 Å². The zero-order chi connectivity index (χ0) is 10.3. The molecule has 14 heavy (non-hydrogen) atoms. The molecular weight excluding hydrogens is 222 g/mol. The van der Waals surface area contributed by atoms with Crippen LogP contribution in [-0.4, -0.2) is 22.3 Å². The maximum atomic E-state index is 9.42. The van der Waals surface area contributed by atoms with Gasteiger partial charge in [0.1, 0.15) is 5.75 Å². The first-order valence-corrected chi connectivity index (χ1v) is 5.11. The number of aromatic hydroxyl groups is 1. The van der Waals surface area contributed by atoms with E-state index < -0.39 is 7.12 Å². The highest BCUT2D eigenvalue weighted by molar-refractivity contribution is 7.17. The quantitative estimate of drug-likeness (QED) is 0.637. The standard InChI is InChI=1S/C8H6BClO3S/c10-8-5(11)3-6-4(1-2-14-6)7(8)9(12)13/h1-3,11-13H. The maximum Gasteiger partial charge on any atom is 0.490 e. The molecule has 0 aliphatic heterocycles. The molecule has 0 saturated heterocycles. The lowest BCUT2D eigenvalue weighted by Gasteiger charge is -2.06. The smallest absolute Gasteiger partial charge is 0.490 e. The Bertz CT molecular complexity index is 483. The van der Waals surface area contributed by atoms with Crippen LogP contribution >= 0.6 is 22.9 Å². The second-order valence-electron chi connectivity index (χ2n) is 2.83. The SMILES string of the molecule is OB(O)c1c(Cl)c(O)cc2sccc12. The van der Waals surface area contributed by atoms with Crippen molar-refractivity contribution in [1.82, 2.24) is 0 Å². The highest BCUT2D eigenvalue weighted by Crippen LogP contribution is 2.30. The molecule has 0 saturated carbocycles. The van der Waals surface area contributed by atoms with Gasteiger partial charge in [-0.1, -0.05) is 11.6 Å². The summed E-state index contributed by atoms with van der Waals surface area (Å²) < 4.78 is 0.773. The monoisotopic (exact) mass is 228 g/mol. The van der Waals surface area contributed by atoms with Crippen LogP contribution in [-0.2, 0) is 0 Å². The van der Waals surface area contributed by atoms with Crippen LogP contribution in [0.3, 0.4) is 0 Å². The summed E-state index contributed by atoms with van der Waals surface area (Å²) in [5.41, 5.74) is 0.155. The summed E-state index contributed by atoms with van der Waals surface area (Å²) >= 11 is 7.16. The largest absolute Gasteiger partial charge is 0.506 e. The summed E-state index contributed by atoms with van der Waals surface area (Å²) in [4.78, 5) is 0. The maximum absolute atomic E-state index is 9.42. The zero-order valence-electron chi connectivity index (χ0n) is 6.94. The van der Waals surface area contributed by atoms with Crippen LogP contribution in [0.2, 0.25) is 5.02 Å². The number of phenols is 1. The summed E-state index contributed by atoms with van der Waals surface area (Å²) in [5.74, 6) is -0.135. The molecule has 0 unspecified atom stereocenters. The Morgan fingerprint density at radius 3 is 2.71 bits per heavy atom. The van der Waals surface area contributed by atoms with Gasteiger partial charge in [-0.3, -0.25) is 0 Å². The highest BCUT2D eigenvalue weighted by atomic mass is 35.5. The Hall–Kier alpha value is -0.745. The fraction of sp³-hybridized carbons (Fsp3) is 0. The minimum atomic E-state index is -1.67. The van der Waals surface area contributed by atoms with Gasteiger partial charge in [0.25, 0.3) is 0 Å². The van der Waals surface area contributed by atoms with Gasteiger partial charge in [-0.05, 0) is 22.9 Å². The number of fused-ring (bicyclic) bond motifs is 1. The van der Waals surface area contributed by atoms with Crippen LogP contribution in [0, 0.1) is 0 Å². The molecular formula is C8H6BClO3S. The Morgan fingerprint density at radius 2 is 2.07 bits per heavy atom. The minimum absolute atomic E-state index is 0.00843. The number of hydrogen-bond donors (Lipinski definition) is 3. The number of thiophene rings is 1. The van der Waals surface area contributed by atoms with Crippen molar-refractivity contribution >= 4 is 45.6 Å². The molecule has 3 N–H and O–H groups in total. The first-order chi connectivity index (χ1) is 6.61. The van der Waals surface area contributed by atoms with Crippen LogP contribution in [0.25, 0.3) is 10.1 Å². The first kappa shape index (κ1) is 9.80. The number of benzene rings is 1. The van der Waals surface area contributed by atoms with Crippen LogP contribution in [0.15, 0.2) is 17.5 Å². The van der Waals surface area contributed by atoms with E-state index in [1.165, 1.54) is 17.4 Å². The summed E-state index contributed by atoms with van der Waals surface area (Å²) in [6.45, 7) is 0. The van der Waals surface area contributed by atoms with Gasteiger partial charge in [-0.2, -0.15) is 0 Å². The van der Waals surface area contributed by atoms with Crippen molar-refractivity contribution < 1.29 is 15.2 Å². The third kappa shape index (κ3) is 1.38. The van der Waals surface area contributed by atoms with E-state index in [1.54, 1.807) is 11.4 Å². The summed E-state index contributed by atoms with van der Waals surface area (Å²) in [6, 6.07) is 3.24. The lowest BCUT2D eigenvalue weighted by molar-refractivity contribution is 0.425. The minimum Gasteiger partial charge on any atom is -0.506 e. The van der Waals surface area contributed by atoms with Crippen molar-refractivity contribution in [3.8, 4) is 5.75 Å². The van der Waals surface area contributed by atoms with Gasteiger partial charge in [0.05, 0.1) is 5.02 Å². The molecule has 0 radical (unpaired) electrons. The number of halogens is 1. The third-order valence-corrected chi connectivity index (χ3v) is 3.23. The Balaban J connectivity index is 2.86. The second-order valence-corrected chi connectivity index (χ2v) is 4.16. The molecule has 6 heteroatoms. The fourth-order valence-corrected chi connectivity index (χ4v) is 2.44. The predicted molar refractivity (Wildman–Crippen MR) is 58.3 cm³/mol. The molecule has 1 aromatic carbocycles. The lowest BCUT2D eigenvalue weighted by atomic mass is 9.78. The molecule has 1 heterocycles. The summed E-state index contributed by atoms with van der Waals surface area (Å²) in [7, 11) is -1.67. The van der Waals surface area contributed by atoms with Crippen LogP contribution in [0.5, 0.6) is 5.75 Å². The van der Waals surface area contributed by atoms with E-state index in [4.69, 9.17) is 21.6 Å². The van der Waals surface area contributed by atoms with Crippen LogP contribution < -0.4 is 5.46 Å². The third-order valence-electron chi connectivity index (χ3n) is 1.97. The van der Waals surface area contributed by atoms with E-state index >= 15 is 0 Å². The molecule has 0 spiro atoms. The highest BCUT2D eigenvalue weighted by Gasteiger charge is 2.21. The molecule has 0 bridgehead atoms. The van der Waals surface area contributed by atoms with Crippen molar-refractivity contribution in [3.63, 3.8) is 0 Å². The Labute approximate surface area is 89.3 Å². The second kappa shape index (κ2) is 3.44. The van der Waals surface area contributed by atoms with Gasteiger partial charge >= 0.3 is 7.12 Å². The van der Waals surface area contributed by atoms with Gasteiger partial charge in [-0.25, -0.2) is 0 Å². The Morgan fingerprint density at radius 1 is 1.36 bits per heavy atom. The predicted octanol–water partition coefficient (Wildman–Crippen LogP) is 0.940. The van der Waals surface area contributed by atoms with E-state index in [0.717, 1.165) is 4.70 Å². The average molecular weight is 228 g/mol. The molecule has 2 rings (SSSR count). The van der Waals surface area contributed by atoms with E-state index in [-0.39, 0.29) is 16.2 Å². The van der Waals surface area contributed by atoms with Crippen LogP contribution in [0.1, 0.15) is 0 Å². The zero-order valence-corrected chi connectivity index (χ0v) is 8.51. The number of hydrogen-bond acceptors (Lipinski definition) is 4. The number of rotatable bonds is 1. The van der Waals surface area contributed by atoms with E-state index in [2.05, 4.69) is 0 Å². The summed E-state index contributed by atoms with van der Waals surface area (Å²) in [6.07, 6.45) is 0. The number of phenolic OH excluding ortho intramolecular Hbond substituents is 1. The first-order valence-electron chi connectivity index (χ1n) is 3.86. The van der Waals surface area contributed by atoms with Gasteiger partial charge in [-0.15, -0.1) is 11.3 Å². The molecule has 0 aliphatic rings. The molecule has 0 atom stereocenters. The van der Waals surface area contributed by atoms with Crippen LogP contribution in [0.4, 0.5) is 0 Å². The molecule has 72 valence electrons. The molecule has 1 aromatic heterocycles. The van der Waals surface area contributed by atoms with Crippen molar-refractivity contribution in [2.45, 2.75) is 0 Å². The van der Waals surface area contributed by atoms with Crippen molar-refractivity contribution in [1.29, 1.82) is 0 Å². The normalized spacial score (nSPS) is 10.8. The van der Waals surface area contributed by atoms with Gasteiger partial charge in [0.2, 0.25) is 0 Å². The average Bonchev–Trinajstić information content (AvgIpc) is 2.52. The van der Waals surface area contributed by atoms with E-state index in [9.17, 15) is 5.11 Å². The van der Waals surface area contributed by atoms with Crippen molar-refractivity contribution in [3.05, 3.63) is 22.5 Å². The lowest BCUT2D eigenvalue weighted by Crippen LogP contribution is -2.31. The van der Waals surface area contributed by atoms with E-state index in [0.29, 0.717) is 5.39 Å². The molecule has 0 amide bonds. The van der Waals surface area contributed by atoms with Gasteiger partial charge < -0.3 is 15.2 Å². The van der Waals surface area contributed by atoms with Crippen molar-refractivity contribution in [2.75, 3.05) is 0 Å². The Kier molecular flexibility index (Phi) is 2.40. The topological polar surface area (TPSA) is 60.7 Å². The molecule has 3 nitrogen and oxygen atoms in total. The van der Waals surface area contributed by atoms with E-state index in [1.807, 2.05) is 0 Å². The van der Waals surface area contributed by atoms with Gasteiger partial charge in [0, 0.05) is 10.2 Å². The fourth-order valence-electron chi connectivity index (χ4n) is 1.35. The van der Waals surface area contributed by atoms with Crippen molar-refractivity contribution in [2.24, 2.45) is 0 Å². The molecule has 2 aromatic rings.